The summed E-state index contributed by atoms with van der Waals surface area (Å²) in [6.45, 7) is 13.9. The zero-order chi connectivity index (χ0) is 25.7. The minimum atomic E-state index is 0.807. The van der Waals surface area contributed by atoms with Crippen LogP contribution in [0.3, 0.4) is 0 Å². The average Bonchev–Trinajstić information content (AvgIpc) is 3.32. The highest BCUT2D eigenvalue weighted by atomic mass is 15.3. The summed E-state index contributed by atoms with van der Waals surface area (Å²) < 4.78 is 4.55. The molecule has 0 saturated heterocycles. The molecule has 0 N–H and O–H groups in total. The second-order valence-corrected chi connectivity index (χ2v) is 10.4. The van der Waals surface area contributed by atoms with Gasteiger partial charge in [0.2, 0.25) is 0 Å². The summed E-state index contributed by atoms with van der Waals surface area (Å²) in [5.41, 5.74) is 14.2. The third kappa shape index (κ3) is 3.97. The molecule has 5 aromatic rings. The molecule has 5 nitrogen and oxygen atoms in total. The number of fused-ring (bicyclic) bond motifs is 3. The smallest absolute Gasteiger partial charge is 0.165 e. The number of hydrogen-bond acceptors (Lipinski definition) is 3. The Kier molecular flexibility index (Phi) is 6.11. The van der Waals surface area contributed by atoms with Crippen LogP contribution >= 0.6 is 0 Å². The Bertz CT molecular complexity index is 1560. The van der Waals surface area contributed by atoms with Gasteiger partial charge in [-0.05, 0) is 81.5 Å². The Morgan fingerprint density at radius 2 is 1.50 bits per heavy atom. The standard InChI is InChI=1S/C31H37N5/c1-9-10-26-17-27-22(5)32-30-29(28-20(3)15-19(2)16-21(28)4)23(6)33-36(30)31(27)35(26)18-24-11-13-25(14-12-24)34(7)8/h11-17H,9-10,18H2,1-8H3. The largest absolute Gasteiger partial charge is 0.378 e. The number of nitrogens with zero attached hydrogens (tertiary/aromatic N) is 5. The van der Waals surface area contributed by atoms with E-state index in [1.165, 1.54) is 44.6 Å². The average molecular weight is 480 g/mol. The zero-order valence-electron chi connectivity index (χ0n) is 22.9. The van der Waals surface area contributed by atoms with E-state index in [2.05, 4.69) is 112 Å². The summed E-state index contributed by atoms with van der Waals surface area (Å²) in [6, 6.07) is 15.7. The van der Waals surface area contributed by atoms with Gasteiger partial charge in [-0.25, -0.2) is 4.98 Å². The number of aryl methyl sites for hydroxylation is 6. The van der Waals surface area contributed by atoms with Crippen LogP contribution in [0.4, 0.5) is 5.69 Å². The molecule has 0 saturated carbocycles. The summed E-state index contributed by atoms with van der Waals surface area (Å²) in [5.74, 6) is 0. The summed E-state index contributed by atoms with van der Waals surface area (Å²) in [6.07, 6.45) is 2.12. The van der Waals surface area contributed by atoms with E-state index < -0.39 is 0 Å². The lowest BCUT2D eigenvalue weighted by atomic mass is 9.94. The van der Waals surface area contributed by atoms with Crippen LogP contribution in [-0.2, 0) is 13.0 Å². The molecule has 0 spiro atoms. The maximum Gasteiger partial charge on any atom is 0.165 e. The molecule has 5 rings (SSSR count). The number of hydrogen-bond donors (Lipinski definition) is 0. The van der Waals surface area contributed by atoms with Gasteiger partial charge in [0.05, 0.1) is 17.0 Å². The number of rotatable bonds is 6. The molecule has 186 valence electrons. The lowest BCUT2D eigenvalue weighted by Crippen LogP contribution is -2.10. The number of aromatic nitrogens is 4. The van der Waals surface area contributed by atoms with Crippen LogP contribution in [0.2, 0.25) is 0 Å². The van der Waals surface area contributed by atoms with Gasteiger partial charge in [-0.1, -0.05) is 43.2 Å². The fraction of sp³-hybridized carbons (Fsp3) is 0.355. The molecule has 0 aliphatic rings. The van der Waals surface area contributed by atoms with Gasteiger partial charge < -0.3 is 9.47 Å². The minimum Gasteiger partial charge on any atom is -0.378 e. The third-order valence-electron chi connectivity index (χ3n) is 7.28. The van der Waals surface area contributed by atoms with E-state index in [1.807, 2.05) is 0 Å². The lowest BCUT2D eigenvalue weighted by Gasteiger charge is -2.15. The fourth-order valence-corrected chi connectivity index (χ4v) is 5.66. The molecule has 5 heteroatoms. The molecule has 3 aromatic heterocycles. The van der Waals surface area contributed by atoms with Crippen LogP contribution in [0.1, 0.15) is 52.7 Å². The van der Waals surface area contributed by atoms with Gasteiger partial charge in [-0.3, -0.25) is 0 Å². The first-order valence-electron chi connectivity index (χ1n) is 12.9. The SMILES string of the molecule is CCCc1cc2c(C)nc3c(-c4c(C)cc(C)cc4C)c(C)nn3c2n1Cc1ccc(N(C)C)cc1. The van der Waals surface area contributed by atoms with Crippen molar-refractivity contribution in [3.05, 3.63) is 81.8 Å². The topological polar surface area (TPSA) is 38.4 Å². The van der Waals surface area contributed by atoms with Gasteiger partial charge in [0.1, 0.15) is 5.65 Å². The molecule has 2 aromatic carbocycles. The highest BCUT2D eigenvalue weighted by Crippen LogP contribution is 2.36. The van der Waals surface area contributed by atoms with E-state index in [9.17, 15) is 0 Å². The highest BCUT2D eigenvalue weighted by molar-refractivity contribution is 5.90. The van der Waals surface area contributed by atoms with Crippen LogP contribution in [0.15, 0.2) is 42.5 Å². The molecular formula is C31H37N5. The maximum atomic E-state index is 5.14. The minimum absolute atomic E-state index is 0.807. The normalized spacial score (nSPS) is 11.7. The second-order valence-electron chi connectivity index (χ2n) is 10.4. The van der Waals surface area contributed by atoms with Crippen molar-refractivity contribution in [3.63, 3.8) is 0 Å². The van der Waals surface area contributed by atoms with Gasteiger partial charge >= 0.3 is 0 Å². The first-order valence-corrected chi connectivity index (χ1v) is 12.9. The van der Waals surface area contributed by atoms with Crippen molar-refractivity contribution in [2.45, 2.75) is 60.9 Å². The maximum absolute atomic E-state index is 5.14. The van der Waals surface area contributed by atoms with Gasteiger partial charge in [0.25, 0.3) is 0 Å². The molecule has 0 fully saturated rings. The first kappa shape index (κ1) is 24.1. The second kappa shape index (κ2) is 9.12. The van der Waals surface area contributed by atoms with Gasteiger partial charge in [0.15, 0.2) is 5.65 Å². The fourth-order valence-electron chi connectivity index (χ4n) is 5.66. The van der Waals surface area contributed by atoms with Crippen molar-refractivity contribution in [2.24, 2.45) is 0 Å². The predicted molar refractivity (Wildman–Crippen MR) is 151 cm³/mol. The summed E-state index contributed by atoms with van der Waals surface area (Å²) in [7, 11) is 4.16. The van der Waals surface area contributed by atoms with E-state index in [0.29, 0.717) is 0 Å². The van der Waals surface area contributed by atoms with E-state index in [-0.39, 0.29) is 0 Å². The molecule has 36 heavy (non-hydrogen) atoms. The van der Waals surface area contributed by atoms with Gasteiger partial charge in [-0.15, -0.1) is 0 Å². The lowest BCUT2D eigenvalue weighted by molar-refractivity contribution is 0.727. The molecule has 0 radical (unpaired) electrons. The summed E-state index contributed by atoms with van der Waals surface area (Å²) in [5, 5.41) is 6.29. The summed E-state index contributed by atoms with van der Waals surface area (Å²) in [4.78, 5) is 7.28. The molecule has 0 atom stereocenters. The highest BCUT2D eigenvalue weighted by Gasteiger charge is 2.22. The van der Waals surface area contributed by atoms with Crippen molar-refractivity contribution in [3.8, 4) is 11.1 Å². The van der Waals surface area contributed by atoms with Crippen molar-refractivity contribution >= 4 is 22.4 Å². The van der Waals surface area contributed by atoms with Crippen LogP contribution in [0.5, 0.6) is 0 Å². The van der Waals surface area contributed by atoms with E-state index in [0.717, 1.165) is 47.6 Å². The Labute approximate surface area is 214 Å². The van der Waals surface area contributed by atoms with Crippen LogP contribution in [-0.4, -0.2) is 33.3 Å². The van der Waals surface area contributed by atoms with Crippen LogP contribution in [0, 0.1) is 34.6 Å². The van der Waals surface area contributed by atoms with Crippen molar-refractivity contribution < 1.29 is 0 Å². The predicted octanol–water partition coefficient (Wildman–Crippen LogP) is 6.96. The van der Waals surface area contributed by atoms with Crippen LogP contribution < -0.4 is 4.90 Å². The number of benzene rings is 2. The molecule has 0 unspecified atom stereocenters. The number of anilines is 1. The van der Waals surface area contributed by atoms with Crippen LogP contribution in [0.25, 0.3) is 27.8 Å². The summed E-state index contributed by atoms with van der Waals surface area (Å²) >= 11 is 0. The molecule has 0 bridgehead atoms. The monoisotopic (exact) mass is 479 g/mol. The Morgan fingerprint density at radius 1 is 0.833 bits per heavy atom. The van der Waals surface area contributed by atoms with Crippen molar-refractivity contribution in [1.29, 1.82) is 0 Å². The molecule has 0 aliphatic heterocycles. The molecule has 3 heterocycles. The van der Waals surface area contributed by atoms with E-state index in [1.54, 1.807) is 0 Å². The third-order valence-corrected chi connectivity index (χ3v) is 7.28. The van der Waals surface area contributed by atoms with Gasteiger partial charge in [-0.2, -0.15) is 9.61 Å². The van der Waals surface area contributed by atoms with Crippen molar-refractivity contribution in [1.82, 2.24) is 19.2 Å². The Hall–Kier alpha value is -3.60. The molecular weight excluding hydrogens is 442 g/mol. The quantitative estimate of drug-likeness (QED) is 0.264. The van der Waals surface area contributed by atoms with E-state index in [4.69, 9.17) is 10.1 Å². The van der Waals surface area contributed by atoms with Crippen molar-refractivity contribution in [2.75, 3.05) is 19.0 Å². The van der Waals surface area contributed by atoms with Gasteiger partial charge in [0, 0.05) is 37.4 Å². The zero-order valence-corrected chi connectivity index (χ0v) is 22.9. The van der Waals surface area contributed by atoms with E-state index >= 15 is 0 Å². The first-order chi connectivity index (χ1) is 17.2. The Balaban J connectivity index is 1.77. The Morgan fingerprint density at radius 3 is 2.11 bits per heavy atom. The molecule has 0 aliphatic carbocycles. The molecule has 0 amide bonds.